The lowest BCUT2D eigenvalue weighted by molar-refractivity contribution is -0.141. The molecule has 0 fully saturated rings. The second kappa shape index (κ2) is 7.26. The van der Waals surface area contributed by atoms with Gasteiger partial charge in [-0.05, 0) is 30.5 Å². The Bertz CT molecular complexity index is 587. The van der Waals surface area contributed by atoms with Gasteiger partial charge in [-0.2, -0.15) is 13.2 Å². The van der Waals surface area contributed by atoms with Crippen molar-refractivity contribution in [2.24, 2.45) is 0 Å². The predicted molar refractivity (Wildman–Crippen MR) is 78.4 cm³/mol. The van der Waals surface area contributed by atoms with E-state index >= 15 is 0 Å². The molecule has 1 aromatic carbocycles. The smallest absolute Gasteiger partial charge is 0.396 e. The van der Waals surface area contributed by atoms with Gasteiger partial charge < -0.3 is 10.4 Å². The summed E-state index contributed by atoms with van der Waals surface area (Å²) >= 11 is 0. The molecule has 22 heavy (non-hydrogen) atoms. The number of benzene rings is 1. The minimum atomic E-state index is -4.47. The Kier molecular flexibility index (Phi) is 5.38. The highest BCUT2D eigenvalue weighted by Gasteiger charge is 2.32. The molecule has 0 bridgehead atoms. The zero-order valence-electron chi connectivity index (χ0n) is 11.8. The number of pyridine rings is 1. The maximum atomic E-state index is 12.7. The van der Waals surface area contributed by atoms with Crippen molar-refractivity contribution in [2.45, 2.75) is 25.1 Å². The zero-order chi connectivity index (χ0) is 16.0. The van der Waals surface area contributed by atoms with Crippen molar-refractivity contribution >= 4 is 5.82 Å². The van der Waals surface area contributed by atoms with Crippen molar-refractivity contribution in [2.75, 3.05) is 11.9 Å². The average Bonchev–Trinajstić information content (AvgIpc) is 2.52. The van der Waals surface area contributed by atoms with Crippen LogP contribution in [0.3, 0.4) is 0 Å². The van der Waals surface area contributed by atoms with Gasteiger partial charge in [0.2, 0.25) is 0 Å². The first-order valence-electron chi connectivity index (χ1n) is 6.97. The van der Waals surface area contributed by atoms with Crippen molar-refractivity contribution < 1.29 is 18.3 Å². The lowest BCUT2D eigenvalue weighted by Crippen LogP contribution is -2.15. The van der Waals surface area contributed by atoms with E-state index in [0.717, 1.165) is 11.6 Å². The number of halogens is 3. The van der Waals surface area contributed by atoms with E-state index in [9.17, 15) is 13.2 Å². The fraction of sp³-hybridized carbons (Fsp3) is 0.312. The standard InChI is InChI=1S/C16H17F3N2O/c17-16(18,19)14-9-4-10-15(21-14)20-13(8-5-11-22)12-6-2-1-3-7-12/h1-4,6-7,9-10,13,22H,5,8,11H2,(H,20,21). The van der Waals surface area contributed by atoms with E-state index in [4.69, 9.17) is 5.11 Å². The second-order valence-electron chi connectivity index (χ2n) is 4.88. The Hall–Kier alpha value is -2.08. The summed E-state index contributed by atoms with van der Waals surface area (Å²) in [5, 5.41) is 12.0. The number of nitrogens with one attached hydrogen (secondary N) is 1. The van der Waals surface area contributed by atoms with Crippen LogP contribution in [0.15, 0.2) is 48.5 Å². The summed E-state index contributed by atoms with van der Waals surface area (Å²) in [6.07, 6.45) is -3.32. The normalized spacial score (nSPS) is 12.9. The van der Waals surface area contributed by atoms with Crippen LogP contribution in [0.5, 0.6) is 0 Å². The van der Waals surface area contributed by atoms with E-state index in [0.29, 0.717) is 12.8 Å². The third kappa shape index (κ3) is 4.46. The van der Waals surface area contributed by atoms with E-state index in [1.807, 2.05) is 30.3 Å². The number of hydrogen-bond acceptors (Lipinski definition) is 3. The van der Waals surface area contributed by atoms with Gasteiger partial charge in [-0.15, -0.1) is 0 Å². The van der Waals surface area contributed by atoms with Crippen LogP contribution >= 0.6 is 0 Å². The van der Waals surface area contributed by atoms with E-state index in [2.05, 4.69) is 10.3 Å². The van der Waals surface area contributed by atoms with Crippen LogP contribution in [0, 0.1) is 0 Å². The highest BCUT2D eigenvalue weighted by molar-refractivity contribution is 5.39. The van der Waals surface area contributed by atoms with Crippen LogP contribution < -0.4 is 5.32 Å². The molecular formula is C16H17F3N2O. The Morgan fingerprint density at radius 3 is 2.41 bits per heavy atom. The van der Waals surface area contributed by atoms with Gasteiger partial charge >= 0.3 is 6.18 Å². The van der Waals surface area contributed by atoms with Gasteiger partial charge in [0.1, 0.15) is 11.5 Å². The van der Waals surface area contributed by atoms with Crippen molar-refractivity contribution in [3.63, 3.8) is 0 Å². The minimum absolute atomic E-state index is 0.0288. The minimum Gasteiger partial charge on any atom is -0.396 e. The molecule has 0 saturated carbocycles. The SMILES string of the molecule is OCCCC(Nc1cccc(C(F)(F)F)n1)c1ccccc1. The molecule has 6 heteroatoms. The molecule has 0 aliphatic heterocycles. The summed E-state index contributed by atoms with van der Waals surface area (Å²) in [7, 11) is 0. The molecule has 0 amide bonds. The number of aromatic nitrogens is 1. The molecule has 0 saturated heterocycles. The van der Waals surface area contributed by atoms with Gasteiger partial charge in [-0.1, -0.05) is 36.4 Å². The fourth-order valence-electron chi connectivity index (χ4n) is 2.15. The van der Waals surface area contributed by atoms with Crippen molar-refractivity contribution in [3.05, 3.63) is 59.8 Å². The summed E-state index contributed by atoms with van der Waals surface area (Å²) in [6.45, 7) is 0.0288. The summed E-state index contributed by atoms with van der Waals surface area (Å²) in [5.74, 6) is 0.168. The lowest BCUT2D eigenvalue weighted by atomic mass is 10.0. The number of hydrogen-bond donors (Lipinski definition) is 2. The topological polar surface area (TPSA) is 45.1 Å². The summed E-state index contributed by atoms with van der Waals surface area (Å²) in [5.41, 5.74) is 0.0154. The van der Waals surface area contributed by atoms with Crippen LogP contribution in [0.1, 0.15) is 30.1 Å². The molecular weight excluding hydrogens is 293 g/mol. The number of aliphatic hydroxyl groups is 1. The maximum Gasteiger partial charge on any atom is 0.433 e. The van der Waals surface area contributed by atoms with Crippen molar-refractivity contribution in [1.82, 2.24) is 4.98 Å². The Balaban J connectivity index is 2.20. The first-order valence-corrected chi connectivity index (χ1v) is 6.97. The zero-order valence-corrected chi connectivity index (χ0v) is 11.8. The molecule has 118 valence electrons. The summed E-state index contributed by atoms with van der Waals surface area (Å²) in [6, 6.07) is 12.9. The first kappa shape index (κ1) is 16.3. The largest absolute Gasteiger partial charge is 0.433 e. The van der Waals surface area contributed by atoms with Gasteiger partial charge in [-0.3, -0.25) is 0 Å². The van der Waals surface area contributed by atoms with Crippen LogP contribution in [-0.4, -0.2) is 16.7 Å². The number of rotatable bonds is 6. The van der Waals surface area contributed by atoms with Crippen molar-refractivity contribution in [3.8, 4) is 0 Å². The third-order valence-corrected chi connectivity index (χ3v) is 3.21. The molecule has 2 rings (SSSR count). The maximum absolute atomic E-state index is 12.7. The lowest BCUT2D eigenvalue weighted by Gasteiger charge is -2.20. The third-order valence-electron chi connectivity index (χ3n) is 3.21. The number of nitrogens with zero attached hydrogens (tertiary/aromatic N) is 1. The Morgan fingerprint density at radius 2 is 1.77 bits per heavy atom. The monoisotopic (exact) mass is 310 g/mol. The van der Waals surface area contributed by atoms with Crippen molar-refractivity contribution in [1.29, 1.82) is 0 Å². The van der Waals surface area contributed by atoms with Gasteiger partial charge in [-0.25, -0.2) is 4.98 Å². The number of aliphatic hydroxyl groups excluding tert-OH is 1. The highest BCUT2D eigenvalue weighted by Crippen LogP contribution is 2.29. The van der Waals surface area contributed by atoms with Gasteiger partial charge in [0.05, 0.1) is 6.04 Å². The molecule has 1 unspecified atom stereocenters. The van der Waals surface area contributed by atoms with E-state index in [-0.39, 0.29) is 18.5 Å². The van der Waals surface area contributed by atoms with Gasteiger partial charge in [0.25, 0.3) is 0 Å². The predicted octanol–water partition coefficient (Wildman–Crippen LogP) is 4.03. The molecule has 3 nitrogen and oxygen atoms in total. The average molecular weight is 310 g/mol. The summed E-state index contributed by atoms with van der Waals surface area (Å²) in [4.78, 5) is 3.62. The van der Waals surface area contributed by atoms with E-state index in [1.54, 1.807) is 0 Å². The number of alkyl halides is 3. The molecule has 1 atom stereocenters. The Morgan fingerprint density at radius 1 is 1.05 bits per heavy atom. The number of anilines is 1. The van der Waals surface area contributed by atoms with Crippen LogP contribution in [-0.2, 0) is 6.18 Å². The molecule has 0 radical (unpaired) electrons. The van der Waals surface area contributed by atoms with E-state index in [1.165, 1.54) is 12.1 Å². The highest BCUT2D eigenvalue weighted by atomic mass is 19.4. The van der Waals surface area contributed by atoms with Crippen LogP contribution in [0.2, 0.25) is 0 Å². The molecule has 0 spiro atoms. The van der Waals surface area contributed by atoms with Crippen LogP contribution in [0.4, 0.5) is 19.0 Å². The molecule has 2 aromatic rings. The molecule has 0 aliphatic rings. The fourth-order valence-corrected chi connectivity index (χ4v) is 2.15. The molecule has 2 N–H and O–H groups in total. The van der Waals surface area contributed by atoms with Crippen LogP contribution in [0.25, 0.3) is 0 Å². The second-order valence-corrected chi connectivity index (χ2v) is 4.88. The molecule has 0 aliphatic carbocycles. The van der Waals surface area contributed by atoms with Gasteiger partial charge in [0.15, 0.2) is 0 Å². The Labute approximate surface area is 126 Å². The molecule has 1 aromatic heterocycles. The molecule has 1 heterocycles. The summed E-state index contributed by atoms with van der Waals surface area (Å²) < 4.78 is 38.1. The quantitative estimate of drug-likeness (QED) is 0.847. The van der Waals surface area contributed by atoms with Gasteiger partial charge in [0, 0.05) is 6.61 Å². The van der Waals surface area contributed by atoms with E-state index < -0.39 is 11.9 Å². The first-order chi connectivity index (χ1) is 10.5.